The maximum absolute atomic E-state index is 13.3. The molecule has 0 bridgehead atoms. The largest absolute Gasteiger partial charge is 0.389 e. The molecule has 0 aliphatic rings. The van der Waals surface area contributed by atoms with Gasteiger partial charge in [-0.2, -0.15) is 5.10 Å². The smallest absolute Gasteiger partial charge is 0.280 e. The first-order valence-electron chi connectivity index (χ1n) is 8.97. The molecule has 1 aromatic carbocycles. The molecule has 0 aliphatic carbocycles. The van der Waals surface area contributed by atoms with Crippen molar-refractivity contribution in [2.24, 2.45) is 0 Å². The van der Waals surface area contributed by atoms with Crippen LogP contribution in [0.15, 0.2) is 55.0 Å². The maximum atomic E-state index is 13.3. The summed E-state index contributed by atoms with van der Waals surface area (Å²) in [6, 6.07) is 7.45. The summed E-state index contributed by atoms with van der Waals surface area (Å²) in [5.74, 6) is -0.428. The van der Waals surface area contributed by atoms with E-state index in [1.54, 1.807) is 19.2 Å². The molecule has 0 aliphatic heterocycles. The molecule has 0 atom stereocenters. The first kappa shape index (κ1) is 21.1. The van der Waals surface area contributed by atoms with Crippen LogP contribution in [0, 0.1) is 0 Å². The number of halogens is 2. The van der Waals surface area contributed by atoms with Crippen molar-refractivity contribution in [3.63, 3.8) is 0 Å². The van der Waals surface area contributed by atoms with Gasteiger partial charge in [-0.25, -0.2) is 13.5 Å². The highest BCUT2D eigenvalue weighted by molar-refractivity contribution is 6.04. The van der Waals surface area contributed by atoms with E-state index in [2.05, 4.69) is 41.1 Å². The van der Waals surface area contributed by atoms with Crippen LogP contribution in [-0.2, 0) is 0 Å². The molecule has 0 spiro atoms. The summed E-state index contributed by atoms with van der Waals surface area (Å²) >= 11 is 0. The normalized spacial score (nSPS) is 11.4. The van der Waals surface area contributed by atoms with Crippen LogP contribution in [0.3, 0.4) is 0 Å². The van der Waals surface area contributed by atoms with Gasteiger partial charge in [-0.3, -0.25) is 4.79 Å². The van der Waals surface area contributed by atoms with Crippen LogP contribution in [0.4, 0.5) is 20.2 Å². The number of aromatic nitrogens is 2. The van der Waals surface area contributed by atoms with Gasteiger partial charge >= 0.3 is 0 Å². The predicted octanol–water partition coefficient (Wildman–Crippen LogP) is 3.82. The fourth-order valence-electron chi connectivity index (χ4n) is 2.61. The van der Waals surface area contributed by atoms with Gasteiger partial charge in [-0.15, -0.1) is 0 Å². The lowest BCUT2D eigenvalue weighted by molar-refractivity contribution is 0.102. The molecule has 0 saturated heterocycles. The number of carbonyl (C=O) groups is 1. The van der Waals surface area contributed by atoms with E-state index in [0.29, 0.717) is 11.4 Å². The van der Waals surface area contributed by atoms with Gasteiger partial charge in [0.2, 0.25) is 0 Å². The quantitative estimate of drug-likeness (QED) is 0.640. The van der Waals surface area contributed by atoms with Crippen LogP contribution in [0.1, 0.15) is 24.2 Å². The highest BCUT2D eigenvalue weighted by atomic mass is 19.3. The Bertz CT molecular complexity index is 839. The van der Waals surface area contributed by atoms with Gasteiger partial charge in [0, 0.05) is 43.4 Å². The minimum Gasteiger partial charge on any atom is -0.389 e. The Morgan fingerprint density at radius 1 is 1.29 bits per heavy atom. The standard InChI is InChI=1S/C20H25F2N5O/c1-5-26(6-2)17-9-7-16(8-10-17)25-20(28)15-12-24-27(13-15)18(19(21)22)11-14(3)23-4/h7-13,19,23H,3,5-6H2,1-2,4H3,(H,25,28)/b18-11-. The van der Waals surface area contributed by atoms with E-state index < -0.39 is 12.3 Å². The van der Waals surface area contributed by atoms with E-state index in [9.17, 15) is 13.6 Å². The van der Waals surface area contributed by atoms with Gasteiger partial charge in [-0.1, -0.05) is 6.58 Å². The summed E-state index contributed by atoms with van der Waals surface area (Å²) < 4.78 is 27.6. The van der Waals surface area contributed by atoms with Crippen LogP contribution < -0.4 is 15.5 Å². The number of likely N-dealkylation sites (N-methyl/N-ethyl adjacent to an activating group) is 1. The van der Waals surface area contributed by atoms with Crippen molar-refractivity contribution in [3.05, 3.63) is 60.6 Å². The van der Waals surface area contributed by atoms with E-state index in [-0.39, 0.29) is 11.3 Å². The van der Waals surface area contributed by atoms with Gasteiger partial charge in [0.05, 0.1) is 11.8 Å². The summed E-state index contributed by atoms with van der Waals surface area (Å²) in [5, 5.41) is 9.30. The average molecular weight is 389 g/mol. The SMILES string of the molecule is C=C(/C=C(/C(F)F)n1cc(C(=O)Nc2ccc(N(CC)CC)cc2)cn1)NC. The molecule has 2 N–H and O–H groups in total. The van der Waals surface area contributed by atoms with Gasteiger partial charge in [0.25, 0.3) is 12.3 Å². The number of benzene rings is 1. The molecule has 0 radical (unpaired) electrons. The van der Waals surface area contributed by atoms with Crippen molar-refractivity contribution >= 4 is 23.0 Å². The van der Waals surface area contributed by atoms with Crippen LogP contribution in [0.2, 0.25) is 0 Å². The van der Waals surface area contributed by atoms with Crippen LogP contribution >= 0.6 is 0 Å². The van der Waals surface area contributed by atoms with Crippen molar-refractivity contribution in [1.82, 2.24) is 15.1 Å². The molecule has 28 heavy (non-hydrogen) atoms. The molecule has 150 valence electrons. The fourth-order valence-corrected chi connectivity index (χ4v) is 2.61. The third-order valence-corrected chi connectivity index (χ3v) is 4.23. The number of allylic oxidation sites excluding steroid dienone is 2. The summed E-state index contributed by atoms with van der Waals surface area (Å²) in [6.45, 7) is 9.53. The molecule has 6 nitrogen and oxygen atoms in total. The summed E-state index contributed by atoms with van der Waals surface area (Å²) in [6.07, 6.45) is 0.928. The van der Waals surface area contributed by atoms with Crippen molar-refractivity contribution < 1.29 is 13.6 Å². The molecule has 8 heteroatoms. The molecule has 2 aromatic rings. The number of amides is 1. The Morgan fingerprint density at radius 3 is 2.46 bits per heavy atom. The van der Waals surface area contributed by atoms with E-state index in [1.807, 2.05) is 12.1 Å². The molecule has 1 aromatic heterocycles. The lowest BCUT2D eigenvalue weighted by Gasteiger charge is -2.21. The second kappa shape index (κ2) is 9.68. The molecule has 0 saturated carbocycles. The Morgan fingerprint density at radius 2 is 1.93 bits per heavy atom. The number of hydrogen-bond donors (Lipinski definition) is 2. The monoisotopic (exact) mass is 389 g/mol. The number of nitrogens with one attached hydrogen (secondary N) is 2. The first-order valence-corrected chi connectivity index (χ1v) is 8.97. The number of alkyl halides is 2. The Labute approximate surface area is 163 Å². The molecule has 1 heterocycles. The number of carbonyl (C=O) groups excluding carboxylic acids is 1. The highest BCUT2D eigenvalue weighted by Gasteiger charge is 2.17. The zero-order chi connectivity index (χ0) is 20.7. The van der Waals surface area contributed by atoms with Gasteiger partial charge < -0.3 is 15.5 Å². The number of nitrogens with zero attached hydrogens (tertiary/aromatic N) is 3. The average Bonchev–Trinajstić information content (AvgIpc) is 3.17. The third kappa shape index (κ3) is 5.18. The molecule has 1 amide bonds. The second-order valence-electron chi connectivity index (χ2n) is 5.99. The zero-order valence-corrected chi connectivity index (χ0v) is 16.2. The van der Waals surface area contributed by atoms with Crippen molar-refractivity contribution in [1.29, 1.82) is 0 Å². The van der Waals surface area contributed by atoms with Crippen molar-refractivity contribution in [2.75, 3.05) is 30.4 Å². The minimum absolute atomic E-state index is 0.175. The summed E-state index contributed by atoms with van der Waals surface area (Å²) in [4.78, 5) is 14.6. The predicted molar refractivity (Wildman–Crippen MR) is 109 cm³/mol. The zero-order valence-electron chi connectivity index (χ0n) is 16.2. The highest BCUT2D eigenvalue weighted by Crippen LogP contribution is 2.19. The minimum atomic E-state index is -2.77. The van der Waals surface area contributed by atoms with Crippen molar-refractivity contribution in [3.8, 4) is 0 Å². The summed E-state index contributed by atoms with van der Waals surface area (Å²) in [7, 11) is 1.58. The van der Waals surface area contributed by atoms with Crippen LogP contribution in [-0.4, -0.2) is 42.3 Å². The van der Waals surface area contributed by atoms with Gasteiger partial charge in [0.15, 0.2) is 0 Å². The number of hydrogen-bond acceptors (Lipinski definition) is 4. The summed E-state index contributed by atoms with van der Waals surface area (Å²) in [5.41, 5.74) is 1.79. The molecular weight excluding hydrogens is 364 g/mol. The fraction of sp³-hybridized carbons (Fsp3) is 0.300. The van der Waals surface area contributed by atoms with E-state index >= 15 is 0 Å². The second-order valence-corrected chi connectivity index (χ2v) is 5.99. The van der Waals surface area contributed by atoms with E-state index in [0.717, 1.165) is 23.5 Å². The first-order chi connectivity index (χ1) is 13.4. The topological polar surface area (TPSA) is 62.2 Å². The lowest BCUT2D eigenvalue weighted by Crippen LogP contribution is -2.21. The molecule has 0 unspecified atom stereocenters. The number of rotatable bonds is 9. The molecule has 2 rings (SSSR count). The maximum Gasteiger partial charge on any atom is 0.280 e. The van der Waals surface area contributed by atoms with Crippen LogP contribution in [0.25, 0.3) is 5.70 Å². The van der Waals surface area contributed by atoms with Crippen molar-refractivity contribution in [2.45, 2.75) is 20.3 Å². The third-order valence-electron chi connectivity index (χ3n) is 4.23. The van der Waals surface area contributed by atoms with E-state index in [4.69, 9.17) is 0 Å². The molecule has 0 fully saturated rings. The van der Waals surface area contributed by atoms with Crippen LogP contribution in [0.5, 0.6) is 0 Å². The Kier molecular flexibility index (Phi) is 7.31. The number of anilines is 2. The Balaban J connectivity index is 2.13. The Hall–Kier alpha value is -3.16. The van der Waals surface area contributed by atoms with Gasteiger partial charge in [0.1, 0.15) is 5.70 Å². The lowest BCUT2D eigenvalue weighted by atomic mass is 10.2. The van der Waals surface area contributed by atoms with E-state index in [1.165, 1.54) is 18.5 Å². The molecular formula is C20H25F2N5O. The van der Waals surface area contributed by atoms with Gasteiger partial charge in [-0.05, 0) is 44.2 Å².